The summed E-state index contributed by atoms with van der Waals surface area (Å²) in [6.45, 7) is 2.18. The summed E-state index contributed by atoms with van der Waals surface area (Å²) in [5.74, 6) is 1.51. The number of hydrogen-bond acceptors (Lipinski definition) is 2. The zero-order valence-corrected chi connectivity index (χ0v) is 5.87. The molecular weight excluding hydrogens is 128 g/mol. The van der Waals surface area contributed by atoms with Gasteiger partial charge in [-0.1, -0.05) is 6.92 Å². The van der Waals surface area contributed by atoms with Gasteiger partial charge in [0.05, 0.1) is 6.20 Å². The average molecular weight is 138 g/mol. The van der Waals surface area contributed by atoms with Crippen molar-refractivity contribution < 1.29 is 4.74 Å². The molecule has 0 spiro atoms. The summed E-state index contributed by atoms with van der Waals surface area (Å²) in [6.07, 6.45) is 3.31. The van der Waals surface area contributed by atoms with Crippen molar-refractivity contribution in [1.29, 1.82) is 0 Å². The second-order valence-corrected chi connectivity index (χ2v) is 2.79. The number of nitrogens with zero attached hydrogens (tertiary/aromatic N) is 1. The molecular formula is C7H10N2O. The lowest BCUT2D eigenvalue weighted by atomic mass is 10.5. The SMILES string of the molecule is C[C@@H]1C[C@H]1Oc1ccn[nH]1. The van der Waals surface area contributed by atoms with E-state index in [9.17, 15) is 0 Å². The highest BCUT2D eigenvalue weighted by molar-refractivity contribution is 5.06. The molecule has 0 unspecified atom stereocenters. The van der Waals surface area contributed by atoms with Gasteiger partial charge in [-0.15, -0.1) is 0 Å². The van der Waals surface area contributed by atoms with Crippen LogP contribution in [0.2, 0.25) is 0 Å². The van der Waals surface area contributed by atoms with E-state index in [4.69, 9.17) is 4.74 Å². The first-order valence-electron chi connectivity index (χ1n) is 3.52. The molecule has 1 aromatic heterocycles. The molecule has 2 atom stereocenters. The molecule has 0 aromatic carbocycles. The first kappa shape index (κ1) is 5.77. The maximum absolute atomic E-state index is 5.46. The van der Waals surface area contributed by atoms with Gasteiger partial charge in [-0.25, -0.2) is 5.10 Å². The average Bonchev–Trinajstić information content (AvgIpc) is 2.48. The minimum atomic E-state index is 0.431. The van der Waals surface area contributed by atoms with Gasteiger partial charge in [0, 0.05) is 6.07 Å². The minimum absolute atomic E-state index is 0.431. The molecule has 1 N–H and O–H groups in total. The third-order valence-corrected chi connectivity index (χ3v) is 1.79. The van der Waals surface area contributed by atoms with Crippen molar-refractivity contribution >= 4 is 0 Å². The number of nitrogens with one attached hydrogen (secondary N) is 1. The van der Waals surface area contributed by atoms with Gasteiger partial charge in [0.1, 0.15) is 6.10 Å². The van der Waals surface area contributed by atoms with Crippen molar-refractivity contribution in [2.45, 2.75) is 19.4 Å². The number of aromatic nitrogens is 2. The van der Waals surface area contributed by atoms with Crippen molar-refractivity contribution in [3.05, 3.63) is 12.3 Å². The Morgan fingerprint density at radius 3 is 3.10 bits per heavy atom. The fraction of sp³-hybridized carbons (Fsp3) is 0.571. The molecule has 10 heavy (non-hydrogen) atoms. The number of H-pyrrole nitrogens is 1. The Morgan fingerprint density at radius 1 is 1.80 bits per heavy atom. The lowest BCUT2D eigenvalue weighted by Gasteiger charge is -1.98. The van der Waals surface area contributed by atoms with Crippen LogP contribution in [0.1, 0.15) is 13.3 Å². The normalized spacial score (nSPS) is 30.1. The molecule has 3 nitrogen and oxygen atoms in total. The lowest BCUT2D eigenvalue weighted by molar-refractivity contribution is 0.276. The molecule has 0 radical (unpaired) electrons. The summed E-state index contributed by atoms with van der Waals surface area (Å²) in [5.41, 5.74) is 0. The predicted octanol–water partition coefficient (Wildman–Crippen LogP) is 1.20. The quantitative estimate of drug-likeness (QED) is 0.666. The maximum atomic E-state index is 5.46. The van der Waals surface area contributed by atoms with Crippen LogP contribution in [0.3, 0.4) is 0 Å². The number of aromatic amines is 1. The molecule has 1 aliphatic carbocycles. The Hall–Kier alpha value is -0.990. The summed E-state index contributed by atoms with van der Waals surface area (Å²) >= 11 is 0. The molecule has 1 aromatic rings. The van der Waals surface area contributed by atoms with E-state index < -0.39 is 0 Å². The van der Waals surface area contributed by atoms with Crippen molar-refractivity contribution in [3.8, 4) is 5.88 Å². The highest BCUT2D eigenvalue weighted by Gasteiger charge is 2.35. The van der Waals surface area contributed by atoms with Gasteiger partial charge in [-0.2, -0.15) is 5.10 Å². The molecule has 0 amide bonds. The highest BCUT2D eigenvalue weighted by atomic mass is 16.5. The van der Waals surface area contributed by atoms with Crippen LogP contribution in [0.4, 0.5) is 0 Å². The highest BCUT2D eigenvalue weighted by Crippen LogP contribution is 2.32. The first-order valence-corrected chi connectivity index (χ1v) is 3.52. The summed E-state index contributed by atoms with van der Waals surface area (Å²) < 4.78 is 5.46. The van der Waals surface area contributed by atoms with E-state index in [1.807, 2.05) is 6.07 Å². The van der Waals surface area contributed by atoms with Gasteiger partial charge in [-0.05, 0) is 12.3 Å². The molecule has 0 bridgehead atoms. The monoisotopic (exact) mass is 138 g/mol. The summed E-state index contributed by atoms with van der Waals surface area (Å²) in [5, 5.41) is 6.53. The second-order valence-electron chi connectivity index (χ2n) is 2.79. The smallest absolute Gasteiger partial charge is 0.209 e. The topological polar surface area (TPSA) is 37.9 Å². The molecule has 1 heterocycles. The van der Waals surface area contributed by atoms with Crippen LogP contribution >= 0.6 is 0 Å². The predicted molar refractivity (Wildman–Crippen MR) is 36.8 cm³/mol. The van der Waals surface area contributed by atoms with E-state index in [1.54, 1.807) is 6.20 Å². The van der Waals surface area contributed by atoms with Crippen molar-refractivity contribution in [3.63, 3.8) is 0 Å². The van der Waals surface area contributed by atoms with E-state index in [0.717, 1.165) is 11.8 Å². The Bertz CT molecular complexity index is 207. The Kier molecular flexibility index (Phi) is 1.16. The molecule has 0 saturated heterocycles. The first-order chi connectivity index (χ1) is 4.86. The number of hydrogen-bond donors (Lipinski definition) is 1. The van der Waals surface area contributed by atoms with E-state index in [-0.39, 0.29) is 0 Å². The molecule has 1 fully saturated rings. The van der Waals surface area contributed by atoms with Gasteiger partial charge in [0.25, 0.3) is 0 Å². The Morgan fingerprint density at radius 2 is 2.60 bits per heavy atom. The van der Waals surface area contributed by atoms with Crippen molar-refractivity contribution in [1.82, 2.24) is 10.2 Å². The number of rotatable bonds is 2. The fourth-order valence-electron chi connectivity index (χ4n) is 0.924. The van der Waals surface area contributed by atoms with Gasteiger partial charge in [0.2, 0.25) is 5.88 Å². The standard InChI is InChI=1S/C7H10N2O/c1-5-4-6(5)10-7-2-3-8-9-7/h2-3,5-6H,4H2,1H3,(H,8,9)/t5-,6-/m1/s1. The zero-order chi connectivity index (χ0) is 6.97. The summed E-state index contributed by atoms with van der Waals surface area (Å²) in [4.78, 5) is 0. The third kappa shape index (κ3) is 0.988. The van der Waals surface area contributed by atoms with Crippen LogP contribution in [-0.4, -0.2) is 16.3 Å². The molecule has 3 heteroatoms. The summed E-state index contributed by atoms with van der Waals surface area (Å²) in [6, 6.07) is 1.84. The molecule has 0 aliphatic heterocycles. The van der Waals surface area contributed by atoms with Gasteiger partial charge in [0.15, 0.2) is 0 Å². The second kappa shape index (κ2) is 2.01. The van der Waals surface area contributed by atoms with Crippen LogP contribution in [0, 0.1) is 5.92 Å². The molecule has 54 valence electrons. The largest absolute Gasteiger partial charge is 0.474 e. The summed E-state index contributed by atoms with van der Waals surface area (Å²) in [7, 11) is 0. The van der Waals surface area contributed by atoms with Crippen molar-refractivity contribution in [2.75, 3.05) is 0 Å². The van der Waals surface area contributed by atoms with Gasteiger partial charge in [-0.3, -0.25) is 0 Å². The molecule has 1 saturated carbocycles. The lowest BCUT2D eigenvalue weighted by Crippen LogP contribution is -1.98. The molecule has 2 rings (SSSR count). The van der Waals surface area contributed by atoms with Gasteiger partial charge >= 0.3 is 0 Å². The van der Waals surface area contributed by atoms with Crippen LogP contribution < -0.4 is 4.74 Å². The van der Waals surface area contributed by atoms with Gasteiger partial charge < -0.3 is 4.74 Å². The van der Waals surface area contributed by atoms with Crippen molar-refractivity contribution in [2.24, 2.45) is 5.92 Å². The van der Waals surface area contributed by atoms with Crippen LogP contribution in [0.15, 0.2) is 12.3 Å². The van der Waals surface area contributed by atoms with E-state index in [0.29, 0.717) is 6.10 Å². The Balaban J connectivity index is 1.93. The third-order valence-electron chi connectivity index (χ3n) is 1.79. The van der Waals surface area contributed by atoms with Crippen LogP contribution in [0.25, 0.3) is 0 Å². The molecule has 1 aliphatic rings. The fourth-order valence-corrected chi connectivity index (χ4v) is 0.924. The van der Waals surface area contributed by atoms with E-state index in [1.165, 1.54) is 6.42 Å². The van der Waals surface area contributed by atoms with Crippen LogP contribution in [-0.2, 0) is 0 Å². The Labute approximate surface area is 59.4 Å². The van der Waals surface area contributed by atoms with E-state index >= 15 is 0 Å². The zero-order valence-electron chi connectivity index (χ0n) is 5.87. The number of ether oxygens (including phenoxy) is 1. The minimum Gasteiger partial charge on any atom is -0.474 e. The van der Waals surface area contributed by atoms with Crippen LogP contribution in [0.5, 0.6) is 5.88 Å². The van der Waals surface area contributed by atoms with E-state index in [2.05, 4.69) is 17.1 Å². The maximum Gasteiger partial charge on any atom is 0.209 e.